The van der Waals surface area contributed by atoms with Crippen molar-refractivity contribution in [1.82, 2.24) is 9.78 Å². The molecule has 1 heterocycles. The maximum atomic E-state index is 11.5. The highest BCUT2D eigenvalue weighted by Gasteiger charge is 2.20. The van der Waals surface area contributed by atoms with Crippen LogP contribution in [-0.4, -0.2) is 29.3 Å². The summed E-state index contributed by atoms with van der Waals surface area (Å²) in [7, 11) is -3.84. The molecule has 152 valence electrons. The molecule has 0 unspecified atom stereocenters. The number of hydrogen-bond acceptors (Lipinski definition) is 5. The first kappa shape index (κ1) is 21.0. The van der Waals surface area contributed by atoms with Crippen LogP contribution in [-0.2, 0) is 14.8 Å². The Morgan fingerprint density at radius 1 is 1.17 bits per heavy atom. The first-order chi connectivity index (χ1) is 14.3. The average Bonchev–Trinajstić information content (AvgIpc) is 3.16. The number of rotatable bonds is 6. The van der Waals surface area contributed by atoms with E-state index in [2.05, 4.69) is 5.10 Å². The molecule has 0 atom stereocenters. The Balaban J connectivity index is 2.25. The van der Waals surface area contributed by atoms with Gasteiger partial charge < -0.3 is 5.11 Å². The van der Waals surface area contributed by atoms with Crippen LogP contribution in [0.15, 0.2) is 71.1 Å². The van der Waals surface area contributed by atoms with Crippen molar-refractivity contribution in [2.75, 3.05) is 0 Å². The lowest BCUT2D eigenvalue weighted by Crippen LogP contribution is -2.12. The fourth-order valence-corrected chi connectivity index (χ4v) is 3.56. The third-order valence-electron chi connectivity index (χ3n) is 4.48. The summed E-state index contributed by atoms with van der Waals surface area (Å²) in [6.45, 7) is 1.75. The van der Waals surface area contributed by atoms with Gasteiger partial charge in [-0.25, -0.2) is 23.0 Å². The second-order valence-corrected chi connectivity index (χ2v) is 7.92. The molecule has 0 fully saturated rings. The molecule has 30 heavy (non-hydrogen) atoms. The largest absolute Gasteiger partial charge is 0.477 e. The Morgan fingerprint density at radius 2 is 1.80 bits per heavy atom. The minimum Gasteiger partial charge on any atom is -0.477 e. The SMILES string of the molecule is CCC(=C(C#N)C(=O)O)c1cc(-c2ccccc2)n(-c2ccc(S(N)(=O)=O)cc2)n1. The Morgan fingerprint density at radius 3 is 2.30 bits per heavy atom. The van der Waals surface area contributed by atoms with E-state index in [0.717, 1.165) is 5.56 Å². The van der Waals surface area contributed by atoms with Crippen molar-refractivity contribution in [2.45, 2.75) is 18.2 Å². The third-order valence-corrected chi connectivity index (χ3v) is 5.41. The van der Waals surface area contributed by atoms with Crippen LogP contribution in [0.4, 0.5) is 0 Å². The van der Waals surface area contributed by atoms with Crippen LogP contribution in [0.3, 0.4) is 0 Å². The van der Waals surface area contributed by atoms with Crippen molar-refractivity contribution < 1.29 is 18.3 Å². The quantitative estimate of drug-likeness (QED) is 0.462. The molecule has 0 bridgehead atoms. The number of aliphatic carboxylic acids is 1. The van der Waals surface area contributed by atoms with Gasteiger partial charge in [-0.3, -0.25) is 0 Å². The van der Waals surface area contributed by atoms with Crippen molar-refractivity contribution in [1.29, 1.82) is 5.26 Å². The standard InChI is InChI=1S/C21H18N4O4S/c1-2-17(18(13-22)21(26)27)19-12-20(14-6-4-3-5-7-14)25(24-19)15-8-10-16(11-9-15)30(23,28)29/h3-12H,2H2,1H3,(H,26,27)(H2,23,28,29). The van der Waals surface area contributed by atoms with Gasteiger partial charge in [-0.2, -0.15) is 10.4 Å². The van der Waals surface area contributed by atoms with E-state index in [1.165, 1.54) is 12.1 Å². The summed E-state index contributed by atoms with van der Waals surface area (Å²) in [4.78, 5) is 11.4. The molecule has 3 N–H and O–H groups in total. The van der Waals surface area contributed by atoms with Gasteiger partial charge in [0.1, 0.15) is 11.6 Å². The molecule has 8 nitrogen and oxygen atoms in total. The van der Waals surface area contributed by atoms with Gasteiger partial charge in [-0.05, 0) is 36.8 Å². The van der Waals surface area contributed by atoms with Crippen LogP contribution in [0.2, 0.25) is 0 Å². The zero-order chi connectivity index (χ0) is 21.9. The molecule has 0 saturated carbocycles. The van der Waals surface area contributed by atoms with E-state index in [-0.39, 0.29) is 10.5 Å². The maximum Gasteiger partial charge on any atom is 0.346 e. The first-order valence-corrected chi connectivity index (χ1v) is 10.5. The van der Waals surface area contributed by atoms with Crippen molar-refractivity contribution in [3.63, 3.8) is 0 Å². The number of allylic oxidation sites excluding steroid dienone is 1. The first-order valence-electron chi connectivity index (χ1n) is 8.92. The zero-order valence-electron chi connectivity index (χ0n) is 16.0. The van der Waals surface area contributed by atoms with Crippen molar-refractivity contribution in [3.8, 4) is 23.0 Å². The molecule has 0 amide bonds. The summed E-state index contributed by atoms with van der Waals surface area (Å²) in [5, 5.41) is 28.4. The molecule has 0 radical (unpaired) electrons. The summed E-state index contributed by atoms with van der Waals surface area (Å²) in [6.07, 6.45) is 0.296. The lowest BCUT2D eigenvalue weighted by Gasteiger charge is -2.08. The van der Waals surface area contributed by atoms with E-state index >= 15 is 0 Å². The number of nitriles is 1. The average molecular weight is 422 g/mol. The van der Waals surface area contributed by atoms with Crippen LogP contribution in [0.5, 0.6) is 0 Å². The van der Waals surface area contributed by atoms with Gasteiger partial charge in [0.25, 0.3) is 0 Å². The lowest BCUT2D eigenvalue weighted by molar-refractivity contribution is -0.132. The minimum absolute atomic E-state index is 0.0355. The highest BCUT2D eigenvalue weighted by atomic mass is 32.2. The number of carboxylic acids is 1. The molecule has 0 aliphatic rings. The summed E-state index contributed by atoms with van der Waals surface area (Å²) < 4.78 is 24.6. The fraction of sp³-hybridized carbons (Fsp3) is 0.0952. The molecule has 0 spiro atoms. The molecule has 1 aromatic heterocycles. The Hall–Kier alpha value is -3.74. The molecule has 3 aromatic rings. The van der Waals surface area contributed by atoms with E-state index in [1.807, 2.05) is 30.3 Å². The van der Waals surface area contributed by atoms with E-state index in [0.29, 0.717) is 29.1 Å². The van der Waals surface area contributed by atoms with Gasteiger partial charge in [0, 0.05) is 11.1 Å². The summed E-state index contributed by atoms with van der Waals surface area (Å²) in [5.74, 6) is -1.32. The second kappa shape index (κ2) is 8.32. The van der Waals surface area contributed by atoms with Crippen molar-refractivity contribution in [2.24, 2.45) is 5.14 Å². The van der Waals surface area contributed by atoms with Crippen LogP contribution in [0.1, 0.15) is 19.0 Å². The second-order valence-electron chi connectivity index (χ2n) is 6.36. The van der Waals surface area contributed by atoms with Crippen molar-refractivity contribution >= 4 is 21.6 Å². The topological polar surface area (TPSA) is 139 Å². The van der Waals surface area contributed by atoms with E-state index in [4.69, 9.17) is 5.14 Å². The number of nitrogens with two attached hydrogens (primary N) is 1. The minimum atomic E-state index is -3.84. The molecular formula is C21H18N4O4S. The monoisotopic (exact) mass is 422 g/mol. The van der Waals surface area contributed by atoms with E-state index < -0.39 is 16.0 Å². The summed E-state index contributed by atoms with van der Waals surface area (Å²) in [6, 6.07) is 18.6. The van der Waals surface area contributed by atoms with Gasteiger partial charge in [0.15, 0.2) is 0 Å². The number of carbonyl (C=O) groups is 1. The molecule has 0 aliphatic carbocycles. The molecule has 2 aromatic carbocycles. The zero-order valence-corrected chi connectivity index (χ0v) is 16.8. The number of carboxylic acid groups (broad SMARTS) is 1. The van der Waals surface area contributed by atoms with Crippen LogP contribution in [0, 0.1) is 11.3 Å². The Bertz CT molecular complexity index is 1270. The number of hydrogen-bond donors (Lipinski definition) is 2. The summed E-state index contributed by atoms with van der Waals surface area (Å²) >= 11 is 0. The fourth-order valence-electron chi connectivity index (χ4n) is 3.05. The summed E-state index contributed by atoms with van der Waals surface area (Å²) in [5.41, 5.74) is 2.31. The Labute approximate surface area is 173 Å². The number of aromatic nitrogens is 2. The smallest absolute Gasteiger partial charge is 0.346 e. The third kappa shape index (κ3) is 4.15. The van der Waals surface area contributed by atoms with Crippen LogP contribution in [0.25, 0.3) is 22.5 Å². The number of sulfonamides is 1. The lowest BCUT2D eigenvalue weighted by atomic mass is 10.0. The van der Waals surface area contributed by atoms with E-state index in [9.17, 15) is 23.6 Å². The molecule has 0 aliphatic heterocycles. The predicted molar refractivity (Wildman–Crippen MR) is 111 cm³/mol. The van der Waals surface area contributed by atoms with Gasteiger partial charge in [-0.1, -0.05) is 37.3 Å². The van der Waals surface area contributed by atoms with Crippen LogP contribution < -0.4 is 5.14 Å². The van der Waals surface area contributed by atoms with Gasteiger partial charge in [0.2, 0.25) is 10.0 Å². The van der Waals surface area contributed by atoms with Crippen LogP contribution >= 0.6 is 0 Å². The maximum absolute atomic E-state index is 11.5. The molecular weight excluding hydrogens is 404 g/mol. The number of nitrogens with zero attached hydrogens (tertiary/aromatic N) is 3. The van der Waals surface area contributed by atoms with Crippen molar-refractivity contribution in [3.05, 3.63) is 71.9 Å². The number of benzene rings is 2. The Kier molecular flexibility index (Phi) is 5.82. The normalized spacial score (nSPS) is 12.2. The van der Waals surface area contributed by atoms with Gasteiger partial charge in [-0.15, -0.1) is 0 Å². The molecule has 0 saturated heterocycles. The van der Waals surface area contributed by atoms with E-state index in [1.54, 1.807) is 35.9 Å². The highest BCUT2D eigenvalue weighted by molar-refractivity contribution is 7.89. The molecule has 9 heteroatoms. The predicted octanol–water partition coefficient (Wildman–Crippen LogP) is 2.96. The highest BCUT2D eigenvalue weighted by Crippen LogP contribution is 2.29. The van der Waals surface area contributed by atoms with Gasteiger partial charge >= 0.3 is 5.97 Å². The number of primary sulfonamides is 1. The molecule has 3 rings (SSSR count). The van der Waals surface area contributed by atoms with Gasteiger partial charge in [0.05, 0.1) is 22.0 Å².